The van der Waals surface area contributed by atoms with E-state index in [9.17, 15) is 0 Å². The van der Waals surface area contributed by atoms with Crippen LogP contribution in [0.5, 0.6) is 0 Å². The lowest BCUT2D eigenvalue weighted by atomic mass is 10.3. The monoisotopic (exact) mass is 197 g/mol. The van der Waals surface area contributed by atoms with E-state index in [1.807, 2.05) is 11.3 Å². The van der Waals surface area contributed by atoms with Gasteiger partial charge < -0.3 is 5.32 Å². The van der Waals surface area contributed by atoms with Crippen molar-refractivity contribution in [3.8, 4) is 0 Å². The van der Waals surface area contributed by atoms with Crippen molar-refractivity contribution in [3.05, 3.63) is 11.4 Å². The highest BCUT2D eigenvalue weighted by Crippen LogP contribution is 2.47. The van der Waals surface area contributed by atoms with Gasteiger partial charge >= 0.3 is 0 Å². The van der Waals surface area contributed by atoms with E-state index in [1.54, 1.807) is 0 Å². The Bertz CT molecular complexity index is 290. The Morgan fingerprint density at radius 2 is 2.33 bits per heavy atom. The van der Waals surface area contributed by atoms with Crippen LogP contribution in [-0.4, -0.2) is 11.8 Å². The number of anilines is 1. The average Bonchev–Trinajstić information content (AvgIpc) is 2.84. The van der Waals surface area contributed by atoms with Crippen molar-refractivity contribution in [2.45, 2.75) is 23.0 Å². The third kappa shape index (κ3) is 1.15. The fraction of sp³-hybridized carbons (Fsp3) is 0.556. The zero-order chi connectivity index (χ0) is 7.97. The lowest BCUT2D eigenvalue weighted by Gasteiger charge is -2.22. The molecule has 3 heteroatoms. The Balaban J connectivity index is 1.83. The summed E-state index contributed by atoms with van der Waals surface area (Å²) >= 11 is 3.91. The number of hydrogen-bond acceptors (Lipinski definition) is 3. The van der Waals surface area contributed by atoms with Crippen molar-refractivity contribution in [1.29, 1.82) is 0 Å². The maximum atomic E-state index is 3.51. The first-order valence-electron chi connectivity index (χ1n) is 4.41. The van der Waals surface area contributed by atoms with Crippen molar-refractivity contribution < 1.29 is 0 Å². The lowest BCUT2D eigenvalue weighted by molar-refractivity contribution is 0.774. The molecular formula is C9H11NS2. The van der Waals surface area contributed by atoms with Gasteiger partial charge in [0.25, 0.3) is 0 Å². The molecule has 3 rings (SSSR count). The molecular weight excluding hydrogens is 186 g/mol. The molecule has 1 aromatic rings. The van der Waals surface area contributed by atoms with E-state index in [-0.39, 0.29) is 0 Å². The van der Waals surface area contributed by atoms with Gasteiger partial charge in [0, 0.05) is 16.7 Å². The van der Waals surface area contributed by atoms with Crippen LogP contribution in [0, 0.1) is 5.92 Å². The molecule has 12 heavy (non-hydrogen) atoms. The Hall–Kier alpha value is -0.150. The van der Waals surface area contributed by atoms with Crippen LogP contribution in [0.25, 0.3) is 0 Å². The molecule has 64 valence electrons. The molecule has 1 aliphatic carbocycles. The molecule has 1 atom stereocenters. The molecule has 2 aliphatic rings. The second-order valence-electron chi connectivity index (χ2n) is 3.49. The average molecular weight is 197 g/mol. The maximum Gasteiger partial charge on any atom is 0.102 e. The van der Waals surface area contributed by atoms with E-state index in [4.69, 9.17) is 0 Å². The highest BCUT2D eigenvalue weighted by Gasteiger charge is 2.34. The molecule has 0 radical (unpaired) electrons. The van der Waals surface area contributed by atoms with Crippen molar-refractivity contribution >= 4 is 28.1 Å². The first-order chi connectivity index (χ1) is 5.93. The smallest absolute Gasteiger partial charge is 0.102 e. The van der Waals surface area contributed by atoms with Gasteiger partial charge in [0.1, 0.15) is 5.00 Å². The molecule has 1 saturated carbocycles. The summed E-state index contributed by atoms with van der Waals surface area (Å²) in [6, 6.07) is 2.24. The Morgan fingerprint density at radius 3 is 3.17 bits per heavy atom. The van der Waals surface area contributed by atoms with Crippen molar-refractivity contribution in [2.24, 2.45) is 5.92 Å². The molecule has 0 amide bonds. The van der Waals surface area contributed by atoms with Gasteiger partial charge in [-0.25, -0.2) is 0 Å². The van der Waals surface area contributed by atoms with Gasteiger partial charge in [-0.3, -0.25) is 0 Å². The van der Waals surface area contributed by atoms with Crippen LogP contribution in [0.2, 0.25) is 0 Å². The highest BCUT2D eigenvalue weighted by atomic mass is 32.2. The fourth-order valence-corrected chi connectivity index (χ4v) is 4.00. The normalized spacial score (nSPS) is 27.8. The standard InChI is InChI=1S/C9H11NS2/c1-2-6(1)8-5-10-9-7(12-8)3-4-11-9/h3-4,6,8,10H,1-2,5H2. The van der Waals surface area contributed by atoms with E-state index >= 15 is 0 Å². The predicted octanol–water partition coefficient (Wildman–Crippen LogP) is 3.04. The number of fused-ring (bicyclic) bond motifs is 1. The summed E-state index contributed by atoms with van der Waals surface area (Å²) in [6.45, 7) is 1.18. The van der Waals surface area contributed by atoms with Crippen LogP contribution in [-0.2, 0) is 0 Å². The Kier molecular flexibility index (Phi) is 1.62. The summed E-state index contributed by atoms with van der Waals surface area (Å²) in [5.74, 6) is 1.01. The van der Waals surface area contributed by atoms with E-state index in [0.29, 0.717) is 0 Å². The van der Waals surface area contributed by atoms with E-state index in [0.717, 1.165) is 11.2 Å². The SMILES string of the molecule is c1cc2c(s1)NCC(C1CC1)S2. The molecule has 0 spiro atoms. The second kappa shape index (κ2) is 2.67. The first kappa shape index (κ1) is 7.27. The van der Waals surface area contributed by atoms with Gasteiger partial charge in [-0.1, -0.05) is 0 Å². The quantitative estimate of drug-likeness (QED) is 0.742. The Labute approximate surface area is 80.6 Å². The molecule has 0 bridgehead atoms. The summed E-state index contributed by atoms with van der Waals surface area (Å²) < 4.78 is 0. The highest BCUT2D eigenvalue weighted by molar-refractivity contribution is 8.00. The minimum Gasteiger partial charge on any atom is -0.375 e. The fourth-order valence-electron chi connectivity index (χ4n) is 1.65. The van der Waals surface area contributed by atoms with Crippen molar-refractivity contribution in [3.63, 3.8) is 0 Å². The van der Waals surface area contributed by atoms with E-state index in [1.165, 1.54) is 29.3 Å². The van der Waals surface area contributed by atoms with Crippen LogP contribution in [0.4, 0.5) is 5.00 Å². The largest absolute Gasteiger partial charge is 0.375 e. The van der Waals surface area contributed by atoms with Gasteiger partial charge in [0.15, 0.2) is 0 Å². The van der Waals surface area contributed by atoms with Crippen molar-refractivity contribution in [2.75, 3.05) is 11.9 Å². The van der Waals surface area contributed by atoms with Gasteiger partial charge in [-0.05, 0) is 30.2 Å². The zero-order valence-corrected chi connectivity index (χ0v) is 8.38. The molecule has 1 N–H and O–H groups in total. The summed E-state index contributed by atoms with van der Waals surface area (Å²) in [6.07, 6.45) is 2.91. The summed E-state index contributed by atoms with van der Waals surface area (Å²) in [5, 5.41) is 7.93. The third-order valence-corrected chi connectivity index (χ3v) is 4.97. The minimum atomic E-state index is 0.854. The van der Waals surface area contributed by atoms with Crippen LogP contribution < -0.4 is 5.32 Å². The third-order valence-electron chi connectivity index (χ3n) is 2.52. The zero-order valence-electron chi connectivity index (χ0n) is 6.75. The van der Waals surface area contributed by atoms with Crippen LogP contribution in [0.3, 0.4) is 0 Å². The number of thiophene rings is 1. The maximum absolute atomic E-state index is 3.51. The number of thioether (sulfide) groups is 1. The van der Waals surface area contributed by atoms with E-state index < -0.39 is 0 Å². The molecule has 1 aromatic heterocycles. The number of nitrogens with one attached hydrogen (secondary N) is 1. The van der Waals surface area contributed by atoms with Gasteiger partial charge in [0.2, 0.25) is 0 Å². The molecule has 1 nitrogen and oxygen atoms in total. The lowest BCUT2D eigenvalue weighted by Crippen LogP contribution is -2.21. The van der Waals surface area contributed by atoms with Gasteiger partial charge in [-0.2, -0.15) is 0 Å². The molecule has 0 saturated heterocycles. The molecule has 1 aliphatic heterocycles. The number of hydrogen-bond donors (Lipinski definition) is 1. The van der Waals surface area contributed by atoms with Gasteiger partial charge in [-0.15, -0.1) is 23.1 Å². The summed E-state index contributed by atoms with van der Waals surface area (Å²) in [7, 11) is 0. The molecule has 0 aromatic carbocycles. The Morgan fingerprint density at radius 1 is 1.42 bits per heavy atom. The first-order valence-corrected chi connectivity index (χ1v) is 6.17. The molecule has 2 heterocycles. The van der Waals surface area contributed by atoms with Crippen LogP contribution in [0.1, 0.15) is 12.8 Å². The summed E-state index contributed by atoms with van der Waals surface area (Å²) in [4.78, 5) is 1.48. The topological polar surface area (TPSA) is 12.0 Å². The summed E-state index contributed by atoms with van der Waals surface area (Å²) in [5.41, 5.74) is 0. The van der Waals surface area contributed by atoms with E-state index in [2.05, 4.69) is 28.5 Å². The second-order valence-corrected chi connectivity index (χ2v) is 5.69. The predicted molar refractivity (Wildman–Crippen MR) is 55.2 cm³/mol. The van der Waals surface area contributed by atoms with Gasteiger partial charge in [0.05, 0.1) is 0 Å². The van der Waals surface area contributed by atoms with Crippen LogP contribution >= 0.6 is 23.1 Å². The minimum absolute atomic E-state index is 0.854. The number of rotatable bonds is 1. The molecule has 1 unspecified atom stereocenters. The van der Waals surface area contributed by atoms with Crippen molar-refractivity contribution in [1.82, 2.24) is 0 Å². The molecule has 1 fully saturated rings. The van der Waals surface area contributed by atoms with Crippen LogP contribution in [0.15, 0.2) is 16.3 Å².